The number of hydrogen-bond acceptors (Lipinski definition) is 5. The van der Waals surface area contributed by atoms with Crippen molar-refractivity contribution in [3.05, 3.63) is 29.3 Å². The van der Waals surface area contributed by atoms with Crippen LogP contribution in [0.4, 0.5) is 5.13 Å². The Hall–Kier alpha value is -1.66. The number of carboxylic acids is 1. The molecule has 0 spiro atoms. The fourth-order valence-corrected chi connectivity index (χ4v) is 3.06. The van der Waals surface area contributed by atoms with Crippen LogP contribution in [0, 0.1) is 5.92 Å². The number of benzene rings is 1. The highest BCUT2D eigenvalue weighted by Crippen LogP contribution is 2.35. The van der Waals surface area contributed by atoms with Crippen molar-refractivity contribution in [3.63, 3.8) is 0 Å². The lowest BCUT2D eigenvalue weighted by Crippen LogP contribution is -2.50. The molecule has 0 atom stereocenters. The van der Waals surface area contributed by atoms with Crippen LogP contribution in [0.25, 0.3) is 10.6 Å². The van der Waals surface area contributed by atoms with Crippen LogP contribution >= 0.6 is 22.9 Å². The van der Waals surface area contributed by atoms with Crippen LogP contribution in [0.5, 0.6) is 0 Å². The van der Waals surface area contributed by atoms with Crippen molar-refractivity contribution in [3.8, 4) is 10.6 Å². The predicted octanol–water partition coefficient (Wildman–Crippen LogP) is 2.38. The average molecular weight is 296 g/mol. The van der Waals surface area contributed by atoms with E-state index >= 15 is 0 Å². The number of aromatic nitrogens is 2. The third kappa shape index (κ3) is 2.29. The summed E-state index contributed by atoms with van der Waals surface area (Å²) in [5, 5.41) is 19.2. The van der Waals surface area contributed by atoms with Crippen LogP contribution in [0.15, 0.2) is 24.3 Å². The van der Waals surface area contributed by atoms with Crippen LogP contribution in [0.3, 0.4) is 0 Å². The monoisotopic (exact) mass is 295 g/mol. The summed E-state index contributed by atoms with van der Waals surface area (Å²) in [6.45, 7) is 0.985. The Labute approximate surface area is 118 Å². The molecule has 98 valence electrons. The number of nitrogens with zero attached hydrogens (tertiary/aromatic N) is 3. The number of rotatable bonds is 3. The molecule has 7 heteroatoms. The molecule has 1 fully saturated rings. The molecule has 1 aromatic heterocycles. The molecule has 3 rings (SSSR count). The van der Waals surface area contributed by atoms with E-state index in [1.165, 1.54) is 11.3 Å². The summed E-state index contributed by atoms with van der Waals surface area (Å²) in [5.41, 5.74) is 0.850. The molecular weight excluding hydrogens is 286 g/mol. The molecule has 0 unspecified atom stereocenters. The zero-order valence-electron chi connectivity index (χ0n) is 9.78. The van der Waals surface area contributed by atoms with Gasteiger partial charge in [0, 0.05) is 18.7 Å². The molecule has 2 aromatic rings. The quantitative estimate of drug-likeness (QED) is 0.942. The van der Waals surface area contributed by atoms with E-state index in [1.807, 2.05) is 29.2 Å². The molecule has 2 heterocycles. The molecule has 0 radical (unpaired) electrons. The van der Waals surface area contributed by atoms with Gasteiger partial charge < -0.3 is 10.0 Å². The lowest BCUT2D eigenvalue weighted by Gasteiger charge is -2.35. The smallest absolute Gasteiger partial charge is 0.310 e. The van der Waals surface area contributed by atoms with Crippen molar-refractivity contribution in [2.45, 2.75) is 0 Å². The van der Waals surface area contributed by atoms with E-state index in [1.54, 1.807) is 0 Å². The van der Waals surface area contributed by atoms with Crippen molar-refractivity contribution >= 4 is 34.0 Å². The van der Waals surface area contributed by atoms with Gasteiger partial charge in [-0.3, -0.25) is 4.79 Å². The fraction of sp³-hybridized carbons (Fsp3) is 0.250. The first kappa shape index (κ1) is 12.4. The van der Waals surface area contributed by atoms with E-state index in [4.69, 9.17) is 16.7 Å². The predicted molar refractivity (Wildman–Crippen MR) is 73.7 cm³/mol. The second kappa shape index (κ2) is 4.79. The molecule has 5 nitrogen and oxygen atoms in total. The van der Waals surface area contributed by atoms with Gasteiger partial charge >= 0.3 is 5.97 Å². The van der Waals surface area contributed by atoms with Gasteiger partial charge in [0.1, 0.15) is 0 Å². The fourth-order valence-electron chi connectivity index (χ4n) is 1.88. The number of carboxylic acid groups (broad SMARTS) is 1. The summed E-state index contributed by atoms with van der Waals surface area (Å²) in [5.74, 6) is -1.06. The van der Waals surface area contributed by atoms with E-state index in [0.29, 0.717) is 18.1 Å². The van der Waals surface area contributed by atoms with E-state index in [0.717, 1.165) is 15.7 Å². The summed E-state index contributed by atoms with van der Waals surface area (Å²) < 4.78 is 0. The van der Waals surface area contributed by atoms with Gasteiger partial charge in [0.2, 0.25) is 5.13 Å². The van der Waals surface area contributed by atoms with Crippen LogP contribution in [-0.2, 0) is 4.79 Å². The number of halogens is 1. The maximum atomic E-state index is 10.8. The largest absolute Gasteiger partial charge is 0.481 e. The Kier molecular flexibility index (Phi) is 3.12. The van der Waals surface area contributed by atoms with Crippen LogP contribution in [0.2, 0.25) is 5.02 Å². The SMILES string of the molecule is O=C(O)C1CN(c2nnc(-c3ccccc3Cl)s2)C1. The van der Waals surface area contributed by atoms with Gasteiger partial charge in [-0.2, -0.15) is 0 Å². The first-order valence-electron chi connectivity index (χ1n) is 5.71. The highest BCUT2D eigenvalue weighted by Gasteiger charge is 2.34. The summed E-state index contributed by atoms with van der Waals surface area (Å²) in [6.07, 6.45) is 0. The molecule has 1 aromatic carbocycles. The molecule has 19 heavy (non-hydrogen) atoms. The second-order valence-corrected chi connectivity index (χ2v) is 5.67. The van der Waals surface area contributed by atoms with Crippen LogP contribution in [0.1, 0.15) is 0 Å². The Morgan fingerprint density at radius 1 is 1.37 bits per heavy atom. The summed E-state index contributed by atoms with van der Waals surface area (Å²) in [4.78, 5) is 12.7. The Morgan fingerprint density at radius 3 is 2.79 bits per heavy atom. The zero-order chi connectivity index (χ0) is 13.4. The van der Waals surface area contributed by atoms with Crippen molar-refractivity contribution in [2.75, 3.05) is 18.0 Å². The number of anilines is 1. The van der Waals surface area contributed by atoms with Gasteiger partial charge in [0.15, 0.2) is 5.01 Å². The van der Waals surface area contributed by atoms with Crippen molar-refractivity contribution in [1.82, 2.24) is 10.2 Å². The molecule has 0 bridgehead atoms. The molecule has 1 saturated heterocycles. The molecule has 0 saturated carbocycles. The topological polar surface area (TPSA) is 66.3 Å². The maximum Gasteiger partial charge on any atom is 0.310 e. The normalized spacial score (nSPS) is 15.3. The maximum absolute atomic E-state index is 10.8. The Morgan fingerprint density at radius 2 is 2.11 bits per heavy atom. The van der Waals surface area contributed by atoms with E-state index in [2.05, 4.69) is 10.2 Å². The molecular formula is C12H10ClN3O2S. The molecule has 1 N–H and O–H groups in total. The van der Waals surface area contributed by atoms with E-state index in [-0.39, 0.29) is 5.92 Å². The highest BCUT2D eigenvalue weighted by molar-refractivity contribution is 7.18. The van der Waals surface area contributed by atoms with E-state index < -0.39 is 5.97 Å². The van der Waals surface area contributed by atoms with E-state index in [9.17, 15) is 4.79 Å². The first-order valence-corrected chi connectivity index (χ1v) is 6.91. The minimum Gasteiger partial charge on any atom is -0.481 e. The molecule has 1 aliphatic heterocycles. The molecule has 0 aliphatic carbocycles. The van der Waals surface area contributed by atoms with Crippen LogP contribution < -0.4 is 4.90 Å². The lowest BCUT2D eigenvalue weighted by molar-refractivity contribution is -0.142. The number of carbonyl (C=O) groups is 1. The Balaban J connectivity index is 1.78. The Bertz CT molecular complexity index is 625. The first-order chi connectivity index (χ1) is 9.15. The third-order valence-electron chi connectivity index (χ3n) is 3.02. The lowest BCUT2D eigenvalue weighted by atomic mass is 10.0. The standard InChI is InChI=1S/C12H10ClN3O2S/c13-9-4-2-1-3-8(9)10-14-15-12(19-10)16-5-7(6-16)11(17)18/h1-4,7H,5-6H2,(H,17,18). The van der Waals surface area contributed by atoms with Crippen molar-refractivity contribution in [2.24, 2.45) is 5.92 Å². The van der Waals surface area contributed by atoms with Crippen molar-refractivity contribution in [1.29, 1.82) is 0 Å². The number of aliphatic carboxylic acids is 1. The molecule has 0 amide bonds. The van der Waals surface area contributed by atoms with Gasteiger partial charge in [-0.15, -0.1) is 10.2 Å². The summed E-state index contributed by atoms with van der Waals surface area (Å²) in [6, 6.07) is 7.46. The number of hydrogen-bond donors (Lipinski definition) is 1. The van der Waals surface area contributed by atoms with Gasteiger partial charge in [0.05, 0.1) is 10.9 Å². The van der Waals surface area contributed by atoms with Crippen LogP contribution in [-0.4, -0.2) is 34.4 Å². The average Bonchev–Trinajstić information content (AvgIpc) is 2.76. The summed E-state index contributed by atoms with van der Waals surface area (Å²) in [7, 11) is 0. The van der Waals surface area contributed by atoms with Gasteiger partial charge in [-0.05, 0) is 6.07 Å². The zero-order valence-corrected chi connectivity index (χ0v) is 11.4. The third-order valence-corrected chi connectivity index (χ3v) is 4.37. The summed E-state index contributed by atoms with van der Waals surface area (Å²) >= 11 is 7.53. The minimum atomic E-state index is -0.757. The van der Waals surface area contributed by atoms with Gasteiger partial charge in [-0.25, -0.2) is 0 Å². The second-order valence-electron chi connectivity index (χ2n) is 4.31. The highest BCUT2D eigenvalue weighted by atomic mass is 35.5. The van der Waals surface area contributed by atoms with Gasteiger partial charge in [-0.1, -0.05) is 41.1 Å². The minimum absolute atomic E-state index is 0.298. The van der Waals surface area contributed by atoms with Gasteiger partial charge in [0.25, 0.3) is 0 Å². The molecule has 1 aliphatic rings. The van der Waals surface area contributed by atoms with Crippen molar-refractivity contribution < 1.29 is 9.90 Å².